The smallest absolute Gasteiger partial charge is 0.728 e. The zero-order chi connectivity index (χ0) is 26.7. The molecule has 37 heavy (non-hydrogen) atoms. The van der Waals surface area contributed by atoms with Gasteiger partial charge in [0.15, 0.2) is 12.4 Å². The van der Waals surface area contributed by atoms with Crippen LogP contribution in [0.1, 0.15) is 11.1 Å². The number of rotatable bonds is 7. The van der Waals surface area contributed by atoms with E-state index >= 15 is 0 Å². The van der Waals surface area contributed by atoms with Crippen molar-refractivity contribution in [3.8, 4) is 40.9 Å². The first kappa shape index (κ1) is 26.6. The van der Waals surface area contributed by atoms with Crippen molar-refractivity contribution in [3.63, 3.8) is 0 Å². The van der Waals surface area contributed by atoms with Gasteiger partial charge in [-0.2, -0.15) is 15.1 Å². The summed E-state index contributed by atoms with van der Waals surface area (Å²) in [5, 5.41) is 27.9. The summed E-state index contributed by atoms with van der Waals surface area (Å²) in [5.74, 6) is 1.86. The summed E-state index contributed by atoms with van der Waals surface area (Å²) >= 11 is 0. The van der Waals surface area contributed by atoms with Gasteiger partial charge in [-0.1, -0.05) is 16.5 Å². The molecule has 0 aliphatic rings. The van der Waals surface area contributed by atoms with Crippen molar-refractivity contribution in [2.24, 2.45) is 0 Å². The average molecular weight is 515 g/mol. The number of aromatic nitrogens is 1. The summed E-state index contributed by atoms with van der Waals surface area (Å²) in [6.07, 6.45) is 2.93. The van der Waals surface area contributed by atoms with E-state index in [2.05, 4.69) is 0 Å². The zero-order valence-electron chi connectivity index (χ0n) is 20.0. The first-order chi connectivity index (χ1) is 17.9. The highest BCUT2D eigenvalue weighted by molar-refractivity contribution is 7.47. The Balaban J connectivity index is 0.000000356. The number of hydrogen-bond donors (Lipinski definition) is 0. The molecule has 9 nitrogen and oxygen atoms in total. The minimum atomic E-state index is -3.92. The van der Waals surface area contributed by atoms with Crippen molar-refractivity contribution in [3.05, 3.63) is 108 Å². The highest BCUT2D eigenvalue weighted by Crippen LogP contribution is 2.44. The monoisotopic (exact) mass is 515 g/mol. The summed E-state index contributed by atoms with van der Waals surface area (Å²) in [6, 6.07) is 26.1. The Kier molecular flexibility index (Phi) is 9.10. The Morgan fingerprint density at radius 2 is 1.16 bits per heavy atom. The first-order valence-corrected chi connectivity index (χ1v) is 12.3. The highest BCUT2D eigenvalue weighted by Gasteiger charge is 2.42. The van der Waals surface area contributed by atoms with Crippen LogP contribution in [0, 0.1) is 22.7 Å². The average Bonchev–Trinajstić information content (AvgIpc) is 2.94. The second-order valence-corrected chi connectivity index (χ2v) is 8.99. The normalized spacial score (nSPS) is 10.1. The van der Waals surface area contributed by atoms with Gasteiger partial charge in [0.25, 0.3) is 0 Å². The molecule has 0 spiro atoms. The second kappa shape index (κ2) is 12.6. The molecule has 0 aliphatic heterocycles. The van der Waals surface area contributed by atoms with Crippen molar-refractivity contribution in [1.29, 1.82) is 10.5 Å². The van der Waals surface area contributed by atoms with E-state index in [4.69, 9.17) is 29.0 Å². The van der Waals surface area contributed by atoms with Crippen molar-refractivity contribution in [2.45, 2.75) is 0 Å². The molecule has 0 bridgehead atoms. The molecule has 186 valence electrons. The molecular weight excluding hydrogens is 493 g/mol. The van der Waals surface area contributed by atoms with Gasteiger partial charge >= 0.3 is 7.75 Å². The molecule has 1 heterocycles. The van der Waals surface area contributed by atoms with E-state index in [1.165, 1.54) is 41.0 Å². The van der Waals surface area contributed by atoms with Crippen LogP contribution in [0.5, 0.6) is 28.7 Å². The molecule has 4 rings (SSSR count). The van der Waals surface area contributed by atoms with Crippen LogP contribution in [0.3, 0.4) is 0 Å². The standard InChI is InChI=1S/C20H18N2O5P.C7H5NO/c1-24-17-5-9-19(10-6-17)26-28(23,22-13-3-4-16(14-21)15-22)27-20-11-7-18(25-2)8-12-20;8-5-6-1-3-7(9)4-2-6/h3-13,15H,1-2H3;1-4,9H/q+1;/p-1. The molecule has 0 atom stereocenters. The molecule has 0 radical (unpaired) electrons. The number of nitriles is 2. The minimum Gasteiger partial charge on any atom is -0.872 e. The zero-order valence-corrected chi connectivity index (χ0v) is 20.9. The third-order valence-electron chi connectivity index (χ3n) is 4.74. The highest BCUT2D eigenvalue weighted by atomic mass is 31.2. The van der Waals surface area contributed by atoms with E-state index < -0.39 is 7.75 Å². The Bertz CT molecular complexity index is 1390. The van der Waals surface area contributed by atoms with Gasteiger partial charge in [-0.3, -0.25) is 0 Å². The maximum absolute atomic E-state index is 13.7. The SMILES string of the molecule is COc1ccc(OP(=O)(Oc2ccc(OC)cc2)[n+]2cccc(C#N)c2)cc1.N#Cc1ccc([O-])cc1. The summed E-state index contributed by atoms with van der Waals surface area (Å²) in [4.78, 5) is 0. The lowest BCUT2D eigenvalue weighted by Crippen LogP contribution is -2.35. The molecule has 0 aliphatic carbocycles. The number of benzene rings is 3. The summed E-state index contributed by atoms with van der Waals surface area (Å²) in [5.41, 5.74) is 0.842. The Morgan fingerprint density at radius 1 is 0.703 bits per heavy atom. The van der Waals surface area contributed by atoms with Gasteiger partial charge in [-0.05, 0) is 66.7 Å². The number of nitrogens with zero attached hydrogens (tertiary/aromatic N) is 3. The Morgan fingerprint density at radius 3 is 1.59 bits per heavy atom. The maximum Gasteiger partial charge on any atom is 0.728 e. The van der Waals surface area contributed by atoms with Gasteiger partial charge in [0, 0.05) is 6.07 Å². The van der Waals surface area contributed by atoms with E-state index in [0.717, 1.165) is 0 Å². The Labute approximate surface area is 214 Å². The molecule has 0 N–H and O–H groups in total. The van der Waals surface area contributed by atoms with Crippen LogP contribution in [0.2, 0.25) is 0 Å². The topological polar surface area (TPSA) is 129 Å². The molecule has 0 saturated heterocycles. The fourth-order valence-corrected chi connectivity index (χ4v) is 4.37. The predicted molar refractivity (Wildman–Crippen MR) is 132 cm³/mol. The van der Waals surface area contributed by atoms with E-state index in [1.54, 1.807) is 74.9 Å². The van der Waals surface area contributed by atoms with Gasteiger partial charge in [0.05, 0.1) is 25.9 Å². The number of pyridine rings is 1. The van der Waals surface area contributed by atoms with Crippen molar-refractivity contribution in [2.75, 3.05) is 14.2 Å². The lowest BCUT2D eigenvalue weighted by molar-refractivity contribution is -0.536. The fourth-order valence-electron chi connectivity index (χ4n) is 2.86. The molecule has 0 fully saturated rings. The van der Waals surface area contributed by atoms with Crippen molar-refractivity contribution < 1.29 is 32.5 Å². The van der Waals surface area contributed by atoms with E-state index in [1.807, 2.05) is 12.1 Å². The molecule has 1 aromatic heterocycles. The van der Waals surface area contributed by atoms with Crippen molar-refractivity contribution >= 4 is 7.75 Å². The molecule has 0 amide bonds. The number of ether oxygens (including phenoxy) is 2. The van der Waals surface area contributed by atoms with Gasteiger partial charge in [0.1, 0.15) is 34.6 Å². The van der Waals surface area contributed by atoms with E-state index in [-0.39, 0.29) is 5.75 Å². The molecular formula is C27H22N3O6P. The molecule has 0 saturated carbocycles. The first-order valence-electron chi connectivity index (χ1n) is 10.8. The minimum absolute atomic E-state index is 0.0611. The molecule has 3 aromatic carbocycles. The van der Waals surface area contributed by atoms with Gasteiger partial charge < -0.3 is 23.6 Å². The van der Waals surface area contributed by atoms with Crippen LogP contribution in [0.25, 0.3) is 0 Å². The van der Waals surface area contributed by atoms with E-state index in [0.29, 0.717) is 34.1 Å². The third-order valence-corrected chi connectivity index (χ3v) is 6.44. The molecule has 10 heteroatoms. The van der Waals surface area contributed by atoms with Gasteiger partial charge in [-0.15, -0.1) is 5.75 Å². The van der Waals surface area contributed by atoms with Crippen LogP contribution in [-0.4, -0.2) is 14.2 Å². The largest absolute Gasteiger partial charge is 0.872 e. The van der Waals surface area contributed by atoms with Gasteiger partial charge in [-0.25, -0.2) is 0 Å². The predicted octanol–water partition coefficient (Wildman–Crippen LogP) is 4.61. The lowest BCUT2D eigenvalue weighted by Gasteiger charge is -2.14. The fraction of sp³-hybridized carbons (Fsp3) is 0.0741. The van der Waals surface area contributed by atoms with Crippen LogP contribution in [0.15, 0.2) is 97.3 Å². The van der Waals surface area contributed by atoms with Crippen LogP contribution in [0.4, 0.5) is 0 Å². The quantitative estimate of drug-likeness (QED) is 0.327. The summed E-state index contributed by atoms with van der Waals surface area (Å²) in [6.45, 7) is 0. The maximum atomic E-state index is 13.7. The van der Waals surface area contributed by atoms with E-state index in [9.17, 15) is 9.67 Å². The molecule has 0 unspecified atom stereocenters. The van der Waals surface area contributed by atoms with Crippen LogP contribution >= 0.6 is 7.75 Å². The number of methoxy groups -OCH3 is 2. The van der Waals surface area contributed by atoms with Crippen LogP contribution < -0.4 is 28.0 Å². The van der Waals surface area contributed by atoms with Gasteiger partial charge in [0.2, 0.25) is 0 Å². The lowest BCUT2D eigenvalue weighted by atomic mass is 10.2. The summed E-state index contributed by atoms with van der Waals surface area (Å²) < 4.78 is 36.7. The second-order valence-electron chi connectivity index (χ2n) is 7.22. The van der Waals surface area contributed by atoms with Crippen LogP contribution in [-0.2, 0) is 4.57 Å². The number of hydrogen-bond acceptors (Lipinski definition) is 8. The Hall–Kier alpha value is -4.98. The molecule has 4 aromatic rings. The van der Waals surface area contributed by atoms with Crippen molar-refractivity contribution in [1.82, 2.24) is 0 Å². The summed E-state index contributed by atoms with van der Waals surface area (Å²) in [7, 11) is -0.814. The third kappa shape index (κ3) is 7.50.